The van der Waals surface area contributed by atoms with Crippen molar-refractivity contribution in [1.29, 1.82) is 0 Å². The van der Waals surface area contributed by atoms with Crippen molar-refractivity contribution in [3.63, 3.8) is 0 Å². The Morgan fingerprint density at radius 1 is 0.944 bits per heavy atom. The van der Waals surface area contributed by atoms with Crippen molar-refractivity contribution < 1.29 is 13.9 Å². The molecule has 1 unspecified atom stereocenters. The molecule has 36 heavy (non-hydrogen) atoms. The molecule has 0 spiro atoms. The van der Waals surface area contributed by atoms with Crippen LogP contribution < -0.4 is 10.1 Å². The fourth-order valence-electron chi connectivity index (χ4n) is 5.65. The third kappa shape index (κ3) is 3.97. The number of carbonyl (C=O) groups is 1. The Kier molecular flexibility index (Phi) is 5.40. The Balaban J connectivity index is 1.43. The molecule has 180 valence electrons. The molecule has 0 amide bonds. The van der Waals surface area contributed by atoms with E-state index in [1.54, 1.807) is 18.2 Å². The van der Waals surface area contributed by atoms with Gasteiger partial charge in [-0.2, -0.15) is 0 Å². The number of nitrogens with one attached hydrogen (secondary N) is 1. The smallest absolute Gasteiger partial charge is 0.162 e. The van der Waals surface area contributed by atoms with Crippen LogP contribution >= 0.6 is 0 Å². The number of carbonyl (C=O) groups excluding carboxylic acids is 1. The summed E-state index contributed by atoms with van der Waals surface area (Å²) in [6.45, 7) is 4.49. The number of Topliss-reactive ketones (excluding diaryl/α,β-unsaturated/α-hetero) is 1. The zero-order valence-corrected chi connectivity index (χ0v) is 20.5. The standard InChI is InChI=1S/C32H28FNO2/c1-32(2)17-25-29-24-12-5-3-8-20(24)14-15-27(29)34-31(30(25)28(35)18-32)21-10-7-11-23(16-21)36-19-22-9-4-6-13-26(22)33/h3-16,31,34H,17-19H2,1-2H3. The van der Waals surface area contributed by atoms with Crippen molar-refractivity contribution in [1.82, 2.24) is 0 Å². The molecule has 1 aliphatic carbocycles. The van der Waals surface area contributed by atoms with Crippen molar-refractivity contribution in [2.24, 2.45) is 5.41 Å². The highest BCUT2D eigenvalue weighted by Gasteiger charge is 2.40. The van der Waals surface area contributed by atoms with Gasteiger partial charge in [0.05, 0.1) is 6.04 Å². The van der Waals surface area contributed by atoms with Gasteiger partial charge in [0.15, 0.2) is 5.78 Å². The molecule has 0 bridgehead atoms. The van der Waals surface area contributed by atoms with E-state index in [0.29, 0.717) is 17.7 Å². The van der Waals surface area contributed by atoms with E-state index in [1.165, 1.54) is 16.8 Å². The summed E-state index contributed by atoms with van der Waals surface area (Å²) in [7, 11) is 0. The van der Waals surface area contributed by atoms with Gasteiger partial charge in [-0.15, -0.1) is 0 Å². The molecule has 1 heterocycles. The van der Waals surface area contributed by atoms with Gasteiger partial charge >= 0.3 is 0 Å². The van der Waals surface area contributed by atoms with Crippen molar-refractivity contribution in [3.05, 3.63) is 113 Å². The lowest BCUT2D eigenvalue weighted by Gasteiger charge is -2.40. The lowest BCUT2D eigenvalue weighted by atomic mass is 9.68. The summed E-state index contributed by atoms with van der Waals surface area (Å²) in [6, 6.07) is 26.8. The largest absolute Gasteiger partial charge is 0.489 e. The molecule has 0 saturated carbocycles. The van der Waals surface area contributed by atoms with E-state index in [1.807, 2.05) is 30.3 Å². The zero-order chi connectivity index (χ0) is 24.9. The van der Waals surface area contributed by atoms with Crippen LogP contribution in [0.4, 0.5) is 10.1 Å². The predicted molar refractivity (Wildman–Crippen MR) is 142 cm³/mol. The number of halogens is 1. The summed E-state index contributed by atoms with van der Waals surface area (Å²) < 4.78 is 20.0. The molecule has 2 aliphatic rings. The summed E-state index contributed by atoms with van der Waals surface area (Å²) in [5.74, 6) is 0.555. The van der Waals surface area contributed by atoms with Gasteiger partial charge in [-0.3, -0.25) is 4.79 Å². The molecule has 0 radical (unpaired) electrons. The van der Waals surface area contributed by atoms with Gasteiger partial charge in [-0.25, -0.2) is 4.39 Å². The Morgan fingerprint density at radius 2 is 1.75 bits per heavy atom. The second kappa shape index (κ2) is 8.63. The summed E-state index contributed by atoms with van der Waals surface area (Å²) >= 11 is 0. The summed E-state index contributed by atoms with van der Waals surface area (Å²) in [5, 5.41) is 6.01. The number of anilines is 1. The predicted octanol–water partition coefficient (Wildman–Crippen LogP) is 7.87. The maximum Gasteiger partial charge on any atom is 0.162 e. The molecule has 0 aromatic heterocycles. The van der Waals surface area contributed by atoms with Crippen LogP contribution in [0.2, 0.25) is 0 Å². The minimum atomic E-state index is -0.281. The molecular weight excluding hydrogens is 449 g/mol. The van der Waals surface area contributed by atoms with Crippen LogP contribution in [0.25, 0.3) is 16.3 Å². The number of hydrogen-bond donors (Lipinski definition) is 1. The van der Waals surface area contributed by atoms with Crippen LogP contribution in [-0.4, -0.2) is 5.78 Å². The zero-order valence-electron chi connectivity index (χ0n) is 20.5. The second-order valence-corrected chi connectivity index (χ2v) is 10.6. The molecule has 4 aromatic rings. The number of benzene rings is 4. The van der Waals surface area contributed by atoms with Gasteiger partial charge in [0, 0.05) is 28.8 Å². The third-order valence-electron chi connectivity index (χ3n) is 7.28. The van der Waals surface area contributed by atoms with Crippen LogP contribution in [-0.2, 0) is 11.4 Å². The first-order valence-corrected chi connectivity index (χ1v) is 12.4. The van der Waals surface area contributed by atoms with Crippen LogP contribution in [0, 0.1) is 11.2 Å². The van der Waals surface area contributed by atoms with Gasteiger partial charge < -0.3 is 10.1 Å². The maximum absolute atomic E-state index is 14.1. The monoisotopic (exact) mass is 477 g/mol. The molecule has 1 N–H and O–H groups in total. The fraction of sp³-hybridized carbons (Fsp3) is 0.219. The molecule has 1 atom stereocenters. The molecule has 3 nitrogen and oxygen atoms in total. The molecule has 0 fully saturated rings. The molecule has 4 heteroatoms. The summed E-state index contributed by atoms with van der Waals surface area (Å²) in [5.41, 5.74) is 5.55. The van der Waals surface area contributed by atoms with E-state index in [-0.39, 0.29) is 29.7 Å². The molecular formula is C32H28FNO2. The van der Waals surface area contributed by atoms with E-state index < -0.39 is 0 Å². The molecule has 1 aliphatic heterocycles. The topological polar surface area (TPSA) is 38.3 Å². The van der Waals surface area contributed by atoms with Crippen LogP contribution in [0.1, 0.15) is 49.4 Å². The first-order valence-electron chi connectivity index (χ1n) is 12.4. The quantitative estimate of drug-likeness (QED) is 0.325. The maximum atomic E-state index is 14.1. The van der Waals surface area contributed by atoms with Crippen LogP contribution in [0.3, 0.4) is 0 Å². The van der Waals surface area contributed by atoms with Crippen molar-refractivity contribution in [2.75, 3.05) is 5.32 Å². The highest BCUT2D eigenvalue weighted by atomic mass is 19.1. The van der Waals surface area contributed by atoms with Crippen LogP contribution in [0.15, 0.2) is 90.5 Å². The highest BCUT2D eigenvalue weighted by molar-refractivity contribution is 6.12. The highest BCUT2D eigenvalue weighted by Crippen LogP contribution is 2.52. The Morgan fingerprint density at radius 3 is 2.61 bits per heavy atom. The molecule has 4 aromatic carbocycles. The Bertz CT molecular complexity index is 1530. The van der Waals surface area contributed by atoms with E-state index >= 15 is 0 Å². The van der Waals surface area contributed by atoms with Gasteiger partial charge in [0.2, 0.25) is 0 Å². The van der Waals surface area contributed by atoms with Gasteiger partial charge in [-0.1, -0.05) is 74.5 Å². The number of allylic oxidation sites excluding steroid dienone is 1. The van der Waals surface area contributed by atoms with Crippen molar-refractivity contribution in [2.45, 2.75) is 39.3 Å². The fourth-order valence-corrected chi connectivity index (χ4v) is 5.65. The summed E-state index contributed by atoms with van der Waals surface area (Å²) in [4.78, 5) is 13.6. The first-order chi connectivity index (χ1) is 17.4. The summed E-state index contributed by atoms with van der Waals surface area (Å²) in [6.07, 6.45) is 1.37. The Labute approximate surface area is 210 Å². The SMILES string of the molecule is CC1(C)CC(=O)C2=C(C1)c1c(ccc3ccccc13)NC2c1cccc(OCc2ccccc2F)c1. The average Bonchev–Trinajstić information content (AvgIpc) is 2.87. The third-order valence-corrected chi connectivity index (χ3v) is 7.28. The number of ether oxygens (including phenoxy) is 1. The molecule has 6 rings (SSSR count). The van der Waals surface area contributed by atoms with Gasteiger partial charge in [-0.05, 0) is 58.0 Å². The molecule has 0 saturated heterocycles. The van der Waals surface area contributed by atoms with E-state index in [2.05, 4.69) is 49.5 Å². The number of fused-ring (bicyclic) bond motifs is 4. The Hall–Kier alpha value is -3.92. The van der Waals surface area contributed by atoms with E-state index in [0.717, 1.165) is 34.4 Å². The number of hydrogen-bond acceptors (Lipinski definition) is 3. The van der Waals surface area contributed by atoms with E-state index in [9.17, 15) is 9.18 Å². The minimum Gasteiger partial charge on any atom is -0.489 e. The lowest BCUT2D eigenvalue weighted by Crippen LogP contribution is -2.33. The van der Waals surface area contributed by atoms with Crippen molar-refractivity contribution >= 4 is 27.8 Å². The van der Waals surface area contributed by atoms with Gasteiger partial charge in [0.25, 0.3) is 0 Å². The second-order valence-electron chi connectivity index (χ2n) is 10.6. The first kappa shape index (κ1) is 22.5. The average molecular weight is 478 g/mol. The van der Waals surface area contributed by atoms with Crippen molar-refractivity contribution in [3.8, 4) is 5.75 Å². The van der Waals surface area contributed by atoms with E-state index in [4.69, 9.17) is 4.74 Å². The normalized spacial score (nSPS) is 18.4. The minimum absolute atomic E-state index is 0.100. The lowest BCUT2D eigenvalue weighted by molar-refractivity contribution is -0.118. The number of ketones is 1. The van der Waals surface area contributed by atoms with Crippen LogP contribution in [0.5, 0.6) is 5.75 Å². The number of rotatable bonds is 4. The van der Waals surface area contributed by atoms with Gasteiger partial charge in [0.1, 0.15) is 18.2 Å².